The number of aliphatic hydroxyl groups excluding tert-OH is 1. The fourth-order valence-corrected chi connectivity index (χ4v) is 5.54. The first-order valence-corrected chi connectivity index (χ1v) is 12.4. The smallest absolute Gasteiger partial charge is 0.280 e. The number of nitrogens with zero attached hydrogens (tertiary/aromatic N) is 2. The second-order valence-electron chi connectivity index (χ2n) is 7.67. The zero-order chi connectivity index (χ0) is 22.0. The van der Waals surface area contributed by atoms with Crippen molar-refractivity contribution in [2.45, 2.75) is 60.9 Å². The highest BCUT2D eigenvalue weighted by molar-refractivity contribution is 7.92. The molecular formula is C20H22FN3O5S2. The number of thiazole rings is 1. The first kappa shape index (κ1) is 21.8. The van der Waals surface area contributed by atoms with E-state index in [4.69, 9.17) is 4.84 Å². The van der Waals surface area contributed by atoms with Crippen molar-refractivity contribution in [1.29, 1.82) is 0 Å². The summed E-state index contributed by atoms with van der Waals surface area (Å²) < 4.78 is 38.1. The van der Waals surface area contributed by atoms with Gasteiger partial charge in [-0.3, -0.25) is 10.1 Å². The molecular weight excluding hydrogens is 445 g/mol. The van der Waals surface area contributed by atoms with E-state index in [0.29, 0.717) is 55.4 Å². The molecule has 2 fully saturated rings. The number of rotatable bonds is 7. The molecule has 0 spiro atoms. The molecule has 166 valence electrons. The maximum atomic E-state index is 13.2. The van der Waals surface area contributed by atoms with E-state index in [9.17, 15) is 22.7 Å². The Morgan fingerprint density at radius 3 is 2.42 bits per heavy atom. The van der Waals surface area contributed by atoms with Crippen LogP contribution in [-0.2, 0) is 19.5 Å². The monoisotopic (exact) mass is 467 g/mol. The minimum absolute atomic E-state index is 0.0721. The van der Waals surface area contributed by atoms with Crippen molar-refractivity contribution in [3.05, 3.63) is 41.2 Å². The Bertz CT molecular complexity index is 1070. The fourth-order valence-electron chi connectivity index (χ4n) is 3.34. The number of carbonyl (C=O) groups excluding carboxylic acids is 1. The molecule has 1 amide bonds. The molecule has 8 nitrogen and oxygen atoms in total. The molecule has 31 heavy (non-hydrogen) atoms. The first-order valence-electron chi connectivity index (χ1n) is 10.0. The molecule has 0 radical (unpaired) electrons. The van der Waals surface area contributed by atoms with Crippen LogP contribution in [0.3, 0.4) is 0 Å². The second kappa shape index (κ2) is 9.01. The zero-order valence-electron chi connectivity index (χ0n) is 16.5. The topological polar surface area (TPSA) is 118 Å². The molecule has 0 saturated heterocycles. The minimum Gasteiger partial charge on any atom is -0.393 e. The van der Waals surface area contributed by atoms with Crippen LogP contribution < -0.4 is 5.32 Å². The van der Waals surface area contributed by atoms with Crippen molar-refractivity contribution in [3.8, 4) is 0 Å². The number of oxime groups is 1. The van der Waals surface area contributed by atoms with E-state index < -0.39 is 20.9 Å². The molecule has 0 unspecified atom stereocenters. The number of halogens is 1. The number of anilines is 1. The van der Waals surface area contributed by atoms with Gasteiger partial charge in [-0.1, -0.05) is 28.6 Å². The maximum Gasteiger partial charge on any atom is 0.280 e. The number of benzene rings is 1. The first-order chi connectivity index (χ1) is 14.8. The summed E-state index contributed by atoms with van der Waals surface area (Å²) in [5, 5.41) is 15.4. The van der Waals surface area contributed by atoms with Crippen LogP contribution in [0.2, 0.25) is 0 Å². The number of sulfone groups is 1. The van der Waals surface area contributed by atoms with E-state index in [2.05, 4.69) is 15.5 Å². The molecule has 2 aliphatic carbocycles. The highest BCUT2D eigenvalue weighted by atomic mass is 32.2. The number of aromatic nitrogens is 1. The lowest BCUT2D eigenvalue weighted by Gasteiger charge is -2.23. The molecule has 0 bridgehead atoms. The number of hydrogen-bond acceptors (Lipinski definition) is 8. The molecule has 2 saturated carbocycles. The third-order valence-electron chi connectivity index (χ3n) is 5.27. The number of aliphatic hydroxyl groups is 1. The Kier molecular flexibility index (Phi) is 6.35. The van der Waals surface area contributed by atoms with E-state index >= 15 is 0 Å². The normalized spacial score (nSPS) is 22.2. The van der Waals surface area contributed by atoms with Gasteiger partial charge < -0.3 is 9.94 Å². The third-order valence-corrected chi connectivity index (χ3v) is 8.25. The lowest BCUT2D eigenvalue weighted by molar-refractivity contribution is -0.110. The third kappa shape index (κ3) is 5.28. The van der Waals surface area contributed by atoms with Gasteiger partial charge in [0, 0.05) is 5.56 Å². The molecule has 1 aromatic heterocycles. The summed E-state index contributed by atoms with van der Waals surface area (Å²) in [6, 6.07) is 5.91. The van der Waals surface area contributed by atoms with Crippen molar-refractivity contribution in [2.24, 2.45) is 5.16 Å². The molecule has 2 aliphatic rings. The van der Waals surface area contributed by atoms with E-state index in [1.165, 1.54) is 24.3 Å². The predicted octanol–water partition coefficient (Wildman–Crippen LogP) is 2.88. The Balaban J connectivity index is 1.56. The average molecular weight is 468 g/mol. The van der Waals surface area contributed by atoms with Crippen LogP contribution in [-0.4, -0.2) is 47.6 Å². The second-order valence-corrected chi connectivity index (χ2v) is 10.9. The summed E-state index contributed by atoms with van der Waals surface area (Å²) in [6.07, 6.45) is 4.12. The van der Waals surface area contributed by atoms with Crippen LogP contribution in [0, 0.1) is 5.13 Å². The average Bonchev–Trinajstić information content (AvgIpc) is 3.54. The highest BCUT2D eigenvalue weighted by Crippen LogP contribution is 2.33. The van der Waals surface area contributed by atoms with Crippen molar-refractivity contribution in [3.63, 3.8) is 0 Å². The molecule has 1 aromatic carbocycles. The standard InChI is InChI=1S/C20H22FN3O5S2/c21-17-11-22-20(30-17)23-19(26)18(24-29-14-5-3-13(25)4-6-14)12-1-7-15(8-2-12)31(27,28)16-9-10-16/h1-2,7-8,11,13-14,16,25H,3-6,9-10H2,(H,22,23,26)/b24-18+/t13-,14+. The van der Waals surface area contributed by atoms with Crippen LogP contribution in [0.4, 0.5) is 9.52 Å². The van der Waals surface area contributed by atoms with Crippen LogP contribution in [0.25, 0.3) is 0 Å². The zero-order valence-corrected chi connectivity index (χ0v) is 18.2. The van der Waals surface area contributed by atoms with Crippen LogP contribution in [0.15, 0.2) is 40.5 Å². The molecule has 2 aromatic rings. The molecule has 1 heterocycles. The van der Waals surface area contributed by atoms with E-state index in [0.717, 1.165) is 6.20 Å². The van der Waals surface area contributed by atoms with Gasteiger partial charge in [0.2, 0.25) is 0 Å². The highest BCUT2D eigenvalue weighted by Gasteiger charge is 2.36. The van der Waals surface area contributed by atoms with Gasteiger partial charge in [0.15, 0.2) is 25.8 Å². The van der Waals surface area contributed by atoms with Crippen LogP contribution in [0.5, 0.6) is 0 Å². The lowest BCUT2D eigenvalue weighted by atomic mass is 9.95. The Morgan fingerprint density at radius 2 is 1.84 bits per heavy atom. The van der Waals surface area contributed by atoms with E-state index in [1.54, 1.807) is 0 Å². The van der Waals surface area contributed by atoms with Crippen molar-refractivity contribution in [1.82, 2.24) is 4.98 Å². The quantitative estimate of drug-likeness (QED) is 0.478. The van der Waals surface area contributed by atoms with Gasteiger partial charge in [-0.15, -0.1) is 0 Å². The van der Waals surface area contributed by atoms with Gasteiger partial charge in [-0.05, 0) is 50.7 Å². The summed E-state index contributed by atoms with van der Waals surface area (Å²) in [6.45, 7) is 0. The molecule has 0 atom stereocenters. The largest absolute Gasteiger partial charge is 0.393 e. The van der Waals surface area contributed by atoms with Gasteiger partial charge in [-0.25, -0.2) is 13.4 Å². The van der Waals surface area contributed by atoms with Gasteiger partial charge in [-0.2, -0.15) is 4.39 Å². The summed E-state index contributed by atoms with van der Waals surface area (Å²) in [5.74, 6) is -0.650. The van der Waals surface area contributed by atoms with Crippen molar-refractivity contribution >= 4 is 37.9 Å². The molecule has 2 N–H and O–H groups in total. The Morgan fingerprint density at radius 1 is 1.16 bits per heavy atom. The summed E-state index contributed by atoms with van der Waals surface area (Å²) in [5.41, 5.74) is 0.289. The Labute approximate surface area is 183 Å². The van der Waals surface area contributed by atoms with Crippen LogP contribution in [0.1, 0.15) is 44.1 Å². The molecule has 11 heteroatoms. The molecule has 4 rings (SSSR count). The number of amides is 1. The Hall–Kier alpha value is -2.37. The number of nitrogens with one attached hydrogen (secondary N) is 1. The fraction of sp³-hybridized carbons (Fsp3) is 0.450. The van der Waals surface area contributed by atoms with E-state index in [-0.39, 0.29) is 33.2 Å². The summed E-state index contributed by atoms with van der Waals surface area (Å²) >= 11 is 0.678. The molecule has 0 aliphatic heterocycles. The maximum absolute atomic E-state index is 13.2. The van der Waals surface area contributed by atoms with E-state index in [1.807, 2.05) is 0 Å². The number of hydrogen-bond donors (Lipinski definition) is 2. The van der Waals surface area contributed by atoms with Gasteiger partial charge in [0.05, 0.1) is 22.4 Å². The summed E-state index contributed by atoms with van der Waals surface area (Å²) in [4.78, 5) is 22.3. The van der Waals surface area contributed by atoms with Crippen molar-refractivity contribution < 1.29 is 27.5 Å². The van der Waals surface area contributed by atoms with Gasteiger partial charge in [0.1, 0.15) is 6.10 Å². The lowest BCUT2D eigenvalue weighted by Crippen LogP contribution is -2.27. The number of carbonyl (C=O) groups is 1. The minimum atomic E-state index is -3.35. The van der Waals surface area contributed by atoms with Crippen LogP contribution >= 0.6 is 11.3 Å². The summed E-state index contributed by atoms with van der Waals surface area (Å²) in [7, 11) is -3.35. The van der Waals surface area contributed by atoms with Gasteiger partial charge >= 0.3 is 0 Å². The predicted molar refractivity (Wildman–Crippen MR) is 113 cm³/mol. The van der Waals surface area contributed by atoms with Gasteiger partial charge in [0.25, 0.3) is 5.91 Å². The van der Waals surface area contributed by atoms with Crippen molar-refractivity contribution in [2.75, 3.05) is 5.32 Å². The SMILES string of the molecule is O=C(Nc1ncc(F)s1)/C(=N/O[C@H]1CC[C@@H](O)CC1)c1ccc(S(=O)(=O)C2CC2)cc1.